The quantitative estimate of drug-likeness (QED) is 0.373. The molecule has 0 radical (unpaired) electrons. The Morgan fingerprint density at radius 1 is 1.19 bits per heavy atom. The lowest BCUT2D eigenvalue weighted by molar-refractivity contribution is -0.385. The Kier molecular flexibility index (Phi) is 6.80. The van der Waals surface area contributed by atoms with E-state index in [-0.39, 0.29) is 35.0 Å². The zero-order valence-corrected chi connectivity index (χ0v) is 15.1. The Balaban J connectivity index is 2.00. The Bertz CT molecular complexity index is 778. The number of hydrogen-bond donors (Lipinski definition) is 0. The van der Waals surface area contributed by atoms with Crippen molar-refractivity contribution in [2.45, 2.75) is 25.9 Å². The van der Waals surface area contributed by atoms with Gasteiger partial charge in [-0.1, -0.05) is 11.6 Å². The van der Waals surface area contributed by atoms with E-state index < -0.39 is 4.92 Å². The predicted octanol–water partition coefficient (Wildman–Crippen LogP) is 4.76. The molecule has 7 nitrogen and oxygen atoms in total. The van der Waals surface area contributed by atoms with Gasteiger partial charge in [-0.25, -0.2) is 0 Å². The fourth-order valence-electron chi connectivity index (χ4n) is 2.15. The molecule has 2 rings (SSSR count). The fraction of sp³-hybridized carbons (Fsp3) is 0.278. The van der Waals surface area contributed by atoms with Crippen LogP contribution >= 0.6 is 11.6 Å². The van der Waals surface area contributed by atoms with Crippen molar-refractivity contribution in [3.8, 4) is 17.2 Å². The van der Waals surface area contributed by atoms with Crippen LogP contribution in [0.5, 0.6) is 17.2 Å². The molecule has 0 aliphatic rings. The monoisotopic (exact) mass is 379 g/mol. The van der Waals surface area contributed by atoms with Crippen molar-refractivity contribution < 1.29 is 23.9 Å². The van der Waals surface area contributed by atoms with Gasteiger partial charge in [0.05, 0.1) is 18.1 Å². The molecule has 0 amide bonds. The number of methoxy groups -OCH3 is 1. The van der Waals surface area contributed by atoms with E-state index >= 15 is 0 Å². The number of nitrogens with zero attached hydrogens (tertiary/aromatic N) is 1. The molecule has 0 aliphatic carbocycles. The first-order valence-corrected chi connectivity index (χ1v) is 8.22. The summed E-state index contributed by atoms with van der Waals surface area (Å²) in [5.41, 5.74) is -0.214. The SMILES string of the molecule is COC(=O)CCC(C)Oc1ccc(Oc2ccc(Cl)cc2[N+](=O)[O-])cc1. The van der Waals surface area contributed by atoms with Gasteiger partial charge in [0.2, 0.25) is 5.75 Å². The van der Waals surface area contributed by atoms with Crippen molar-refractivity contribution in [3.05, 3.63) is 57.6 Å². The molecule has 138 valence electrons. The lowest BCUT2D eigenvalue weighted by Gasteiger charge is -2.14. The van der Waals surface area contributed by atoms with Crippen molar-refractivity contribution in [1.82, 2.24) is 0 Å². The van der Waals surface area contributed by atoms with Gasteiger partial charge in [0.1, 0.15) is 11.5 Å². The van der Waals surface area contributed by atoms with E-state index in [4.69, 9.17) is 21.1 Å². The van der Waals surface area contributed by atoms with Gasteiger partial charge in [0.15, 0.2) is 0 Å². The summed E-state index contributed by atoms with van der Waals surface area (Å²) in [6.45, 7) is 1.85. The van der Waals surface area contributed by atoms with Crippen LogP contribution in [0.4, 0.5) is 5.69 Å². The van der Waals surface area contributed by atoms with Gasteiger partial charge in [0, 0.05) is 17.5 Å². The highest BCUT2D eigenvalue weighted by molar-refractivity contribution is 6.30. The van der Waals surface area contributed by atoms with Crippen LogP contribution in [0.1, 0.15) is 19.8 Å². The normalized spacial score (nSPS) is 11.5. The molecule has 0 aromatic heterocycles. The highest BCUT2D eigenvalue weighted by Gasteiger charge is 2.16. The van der Waals surface area contributed by atoms with Crippen LogP contribution in [0.3, 0.4) is 0 Å². The van der Waals surface area contributed by atoms with E-state index in [1.165, 1.54) is 25.3 Å². The number of ether oxygens (including phenoxy) is 3. The highest BCUT2D eigenvalue weighted by Crippen LogP contribution is 2.34. The number of carbonyl (C=O) groups excluding carboxylic acids is 1. The minimum atomic E-state index is -0.554. The average Bonchev–Trinajstić information content (AvgIpc) is 2.62. The smallest absolute Gasteiger partial charge is 0.313 e. The lowest BCUT2D eigenvalue weighted by atomic mass is 10.2. The third kappa shape index (κ3) is 5.63. The van der Waals surface area contributed by atoms with Crippen molar-refractivity contribution in [2.24, 2.45) is 0 Å². The molecular formula is C18H18ClNO6. The zero-order valence-electron chi connectivity index (χ0n) is 14.3. The van der Waals surface area contributed by atoms with Gasteiger partial charge < -0.3 is 14.2 Å². The van der Waals surface area contributed by atoms with Gasteiger partial charge >= 0.3 is 11.7 Å². The molecule has 0 N–H and O–H groups in total. The highest BCUT2D eigenvalue weighted by atomic mass is 35.5. The number of nitro benzene ring substituents is 1. The second-order valence-electron chi connectivity index (χ2n) is 5.49. The second-order valence-corrected chi connectivity index (χ2v) is 5.92. The zero-order chi connectivity index (χ0) is 19.1. The lowest BCUT2D eigenvalue weighted by Crippen LogP contribution is -2.14. The van der Waals surface area contributed by atoms with E-state index in [1.54, 1.807) is 24.3 Å². The number of benzene rings is 2. The Hall–Kier alpha value is -2.80. The van der Waals surface area contributed by atoms with Crippen molar-refractivity contribution in [3.63, 3.8) is 0 Å². The molecule has 1 atom stereocenters. The largest absolute Gasteiger partial charge is 0.491 e. The van der Waals surface area contributed by atoms with Gasteiger partial charge in [-0.2, -0.15) is 0 Å². The van der Waals surface area contributed by atoms with Crippen LogP contribution in [0.25, 0.3) is 0 Å². The van der Waals surface area contributed by atoms with Crippen LogP contribution in [0.15, 0.2) is 42.5 Å². The van der Waals surface area contributed by atoms with Gasteiger partial charge in [-0.05, 0) is 49.7 Å². The Labute approximate surface area is 155 Å². The molecule has 0 saturated heterocycles. The van der Waals surface area contributed by atoms with Crippen molar-refractivity contribution >= 4 is 23.3 Å². The van der Waals surface area contributed by atoms with Crippen LogP contribution in [0, 0.1) is 10.1 Å². The summed E-state index contributed by atoms with van der Waals surface area (Å²) >= 11 is 5.78. The van der Waals surface area contributed by atoms with Crippen molar-refractivity contribution in [1.29, 1.82) is 0 Å². The molecule has 0 aliphatic heterocycles. The maximum Gasteiger partial charge on any atom is 0.313 e. The standard InChI is InChI=1S/C18H18ClNO6/c1-12(3-10-18(21)24-2)25-14-5-7-15(8-6-14)26-17-9-4-13(19)11-16(17)20(22)23/h4-9,11-12H,3,10H2,1-2H3. The molecule has 0 bridgehead atoms. The first-order chi connectivity index (χ1) is 12.4. The van der Waals surface area contributed by atoms with Crippen molar-refractivity contribution in [2.75, 3.05) is 7.11 Å². The molecule has 8 heteroatoms. The number of carbonyl (C=O) groups is 1. The molecule has 26 heavy (non-hydrogen) atoms. The molecule has 0 heterocycles. The van der Waals surface area contributed by atoms with E-state index in [2.05, 4.69) is 4.74 Å². The van der Waals surface area contributed by atoms with Crippen LogP contribution < -0.4 is 9.47 Å². The minimum absolute atomic E-state index is 0.0968. The molecule has 2 aromatic carbocycles. The van der Waals surface area contributed by atoms with Crippen LogP contribution in [0.2, 0.25) is 5.02 Å². The Morgan fingerprint density at radius 3 is 2.46 bits per heavy atom. The first-order valence-electron chi connectivity index (χ1n) is 7.84. The topological polar surface area (TPSA) is 87.9 Å². The molecule has 2 aromatic rings. The number of nitro groups is 1. The summed E-state index contributed by atoms with van der Waals surface area (Å²) in [4.78, 5) is 21.7. The summed E-state index contributed by atoms with van der Waals surface area (Å²) in [5, 5.41) is 11.3. The van der Waals surface area contributed by atoms with Gasteiger partial charge in [0.25, 0.3) is 0 Å². The average molecular weight is 380 g/mol. The molecule has 0 fully saturated rings. The molecule has 0 spiro atoms. The van der Waals surface area contributed by atoms with E-state index in [0.29, 0.717) is 17.9 Å². The molecule has 1 unspecified atom stereocenters. The van der Waals surface area contributed by atoms with Crippen LogP contribution in [-0.4, -0.2) is 24.1 Å². The summed E-state index contributed by atoms with van der Waals surface area (Å²) in [7, 11) is 1.34. The van der Waals surface area contributed by atoms with Crippen LogP contribution in [-0.2, 0) is 9.53 Å². The first kappa shape index (κ1) is 19.5. The summed E-state index contributed by atoms with van der Waals surface area (Å²) < 4.78 is 15.9. The summed E-state index contributed by atoms with van der Waals surface area (Å²) in [5.74, 6) is 0.832. The fourth-order valence-corrected chi connectivity index (χ4v) is 2.31. The number of rotatable bonds is 8. The number of halogens is 1. The van der Waals surface area contributed by atoms with Gasteiger partial charge in [-0.15, -0.1) is 0 Å². The van der Waals surface area contributed by atoms with E-state index in [9.17, 15) is 14.9 Å². The third-order valence-electron chi connectivity index (χ3n) is 3.49. The Morgan fingerprint density at radius 2 is 1.85 bits per heavy atom. The second kappa shape index (κ2) is 9.05. The third-order valence-corrected chi connectivity index (χ3v) is 3.72. The summed E-state index contributed by atoms with van der Waals surface area (Å²) in [6, 6.07) is 10.8. The number of esters is 1. The maximum absolute atomic E-state index is 11.1. The molecule has 0 saturated carbocycles. The maximum atomic E-state index is 11.1. The predicted molar refractivity (Wildman–Crippen MR) is 96.0 cm³/mol. The van der Waals surface area contributed by atoms with Gasteiger partial charge in [-0.3, -0.25) is 14.9 Å². The van der Waals surface area contributed by atoms with E-state index in [0.717, 1.165) is 0 Å². The van der Waals surface area contributed by atoms with E-state index in [1.807, 2.05) is 6.92 Å². The summed E-state index contributed by atoms with van der Waals surface area (Å²) in [6.07, 6.45) is 0.638. The number of hydrogen-bond acceptors (Lipinski definition) is 6. The molecular weight excluding hydrogens is 362 g/mol. The minimum Gasteiger partial charge on any atom is -0.491 e.